The van der Waals surface area contributed by atoms with E-state index in [0.29, 0.717) is 0 Å². The van der Waals surface area contributed by atoms with E-state index < -0.39 is 72.8 Å². The number of hydrogen-bond acceptors (Lipinski definition) is 7. The Morgan fingerprint density at radius 2 is 1.47 bits per heavy atom. The number of aliphatic hydroxyl groups is 1. The minimum absolute atomic E-state index is 0.237. The number of carbonyl (C=O) groups excluding carboxylic acids is 3. The molecule has 1 aromatic carbocycles. The van der Waals surface area contributed by atoms with Gasteiger partial charge in [-0.05, 0) is 24.3 Å². The van der Waals surface area contributed by atoms with Gasteiger partial charge in [0.2, 0.25) is 17.7 Å². The molecule has 0 heterocycles. The summed E-state index contributed by atoms with van der Waals surface area (Å²) in [5.74, 6) is -5.48. The van der Waals surface area contributed by atoms with Gasteiger partial charge in [0.15, 0.2) is 0 Å². The number of carboxylic acid groups (broad SMARTS) is 2. The first-order valence-corrected chi connectivity index (χ1v) is 10.7. The van der Waals surface area contributed by atoms with Gasteiger partial charge in [0.05, 0.1) is 12.6 Å². The van der Waals surface area contributed by atoms with Crippen molar-refractivity contribution in [1.29, 1.82) is 0 Å². The number of carboxylic acids is 2. The standard InChI is InChI=1S/C22H32N4O8/c1-12(2)18(26-19(30)14(23)10-13-6-4-3-5-7-13)21(32)24-15(8-9-17(28)29)20(31)25-16(11-27)22(33)34/h3-7,12,14-16,18,27H,8-11,23H2,1-2H3,(H,24,32)(H,25,31)(H,26,30)(H,28,29)(H,33,34). The third kappa shape index (κ3) is 9.55. The van der Waals surface area contributed by atoms with Crippen molar-refractivity contribution in [2.75, 3.05) is 6.61 Å². The van der Waals surface area contributed by atoms with Crippen molar-refractivity contribution >= 4 is 29.7 Å². The molecule has 0 aliphatic carbocycles. The SMILES string of the molecule is CC(C)C(NC(=O)C(N)Cc1ccccc1)C(=O)NC(CCC(=O)O)C(=O)NC(CO)C(=O)O. The highest BCUT2D eigenvalue weighted by molar-refractivity contribution is 5.94. The van der Waals surface area contributed by atoms with Crippen molar-refractivity contribution in [2.45, 2.75) is 57.3 Å². The molecule has 0 spiro atoms. The van der Waals surface area contributed by atoms with Crippen molar-refractivity contribution in [1.82, 2.24) is 16.0 Å². The molecule has 1 rings (SSSR count). The number of amides is 3. The fourth-order valence-corrected chi connectivity index (χ4v) is 3.01. The second kappa shape index (κ2) is 13.9. The largest absolute Gasteiger partial charge is 0.481 e. The maximum Gasteiger partial charge on any atom is 0.328 e. The second-order valence-electron chi connectivity index (χ2n) is 8.10. The molecular weight excluding hydrogens is 448 g/mol. The number of benzene rings is 1. The molecule has 0 aliphatic heterocycles. The summed E-state index contributed by atoms with van der Waals surface area (Å²) in [6, 6.07) is 3.97. The van der Waals surface area contributed by atoms with Crippen LogP contribution in [0.3, 0.4) is 0 Å². The molecule has 0 aromatic heterocycles. The lowest BCUT2D eigenvalue weighted by Gasteiger charge is -2.26. The minimum atomic E-state index is -1.63. The van der Waals surface area contributed by atoms with Crippen LogP contribution in [0.5, 0.6) is 0 Å². The zero-order chi connectivity index (χ0) is 25.8. The zero-order valence-corrected chi connectivity index (χ0v) is 19.1. The Morgan fingerprint density at radius 1 is 0.882 bits per heavy atom. The van der Waals surface area contributed by atoms with Crippen LogP contribution in [-0.4, -0.2) is 75.8 Å². The third-order valence-electron chi connectivity index (χ3n) is 4.96. The van der Waals surface area contributed by atoms with Crippen LogP contribution in [0.2, 0.25) is 0 Å². The van der Waals surface area contributed by atoms with Crippen LogP contribution < -0.4 is 21.7 Å². The fraction of sp³-hybridized carbons (Fsp3) is 0.500. The van der Waals surface area contributed by atoms with Gasteiger partial charge in [-0.2, -0.15) is 0 Å². The molecule has 12 heteroatoms. The van der Waals surface area contributed by atoms with Crippen LogP contribution in [0.15, 0.2) is 30.3 Å². The van der Waals surface area contributed by atoms with Crippen molar-refractivity contribution in [3.05, 3.63) is 35.9 Å². The lowest BCUT2D eigenvalue weighted by Crippen LogP contribution is -2.58. The van der Waals surface area contributed by atoms with Crippen LogP contribution >= 0.6 is 0 Å². The Hall–Kier alpha value is -3.51. The summed E-state index contributed by atoms with van der Waals surface area (Å²) >= 11 is 0. The van der Waals surface area contributed by atoms with Gasteiger partial charge in [-0.25, -0.2) is 4.79 Å². The zero-order valence-electron chi connectivity index (χ0n) is 19.1. The number of nitrogens with one attached hydrogen (secondary N) is 3. The van der Waals surface area contributed by atoms with E-state index >= 15 is 0 Å². The summed E-state index contributed by atoms with van der Waals surface area (Å²) in [6.45, 7) is 2.42. The topological polar surface area (TPSA) is 208 Å². The van der Waals surface area contributed by atoms with Crippen LogP contribution in [0.25, 0.3) is 0 Å². The summed E-state index contributed by atoms with van der Waals surface area (Å²) < 4.78 is 0. The lowest BCUT2D eigenvalue weighted by atomic mass is 10.0. The lowest BCUT2D eigenvalue weighted by molar-refractivity contribution is -0.144. The predicted molar refractivity (Wildman–Crippen MR) is 120 cm³/mol. The first kappa shape index (κ1) is 28.5. The van der Waals surface area contributed by atoms with Crippen LogP contribution in [0, 0.1) is 5.92 Å². The van der Waals surface area contributed by atoms with Crippen molar-refractivity contribution in [3.63, 3.8) is 0 Å². The molecule has 4 atom stereocenters. The van der Waals surface area contributed by atoms with E-state index in [1.54, 1.807) is 26.0 Å². The Balaban J connectivity index is 2.91. The number of aliphatic hydroxyl groups excluding tert-OH is 1. The first-order valence-electron chi connectivity index (χ1n) is 10.7. The van der Waals surface area contributed by atoms with Gasteiger partial charge >= 0.3 is 11.9 Å². The molecule has 34 heavy (non-hydrogen) atoms. The average Bonchev–Trinajstić information content (AvgIpc) is 2.77. The van der Waals surface area contributed by atoms with E-state index in [-0.39, 0.29) is 12.8 Å². The second-order valence-corrected chi connectivity index (χ2v) is 8.10. The fourth-order valence-electron chi connectivity index (χ4n) is 3.01. The average molecular weight is 481 g/mol. The molecule has 4 unspecified atom stereocenters. The van der Waals surface area contributed by atoms with E-state index in [4.69, 9.17) is 21.1 Å². The Morgan fingerprint density at radius 3 is 1.97 bits per heavy atom. The summed E-state index contributed by atoms with van der Waals surface area (Å²) in [5.41, 5.74) is 6.81. The van der Waals surface area contributed by atoms with Crippen molar-refractivity contribution < 1.29 is 39.3 Å². The number of hydrogen-bond donors (Lipinski definition) is 7. The summed E-state index contributed by atoms with van der Waals surface area (Å²) in [7, 11) is 0. The molecule has 0 fully saturated rings. The molecule has 1 aromatic rings. The Kier molecular flexibility index (Phi) is 11.7. The van der Waals surface area contributed by atoms with Crippen LogP contribution in [0.4, 0.5) is 0 Å². The van der Waals surface area contributed by atoms with Gasteiger partial charge in [-0.3, -0.25) is 19.2 Å². The highest BCUT2D eigenvalue weighted by Gasteiger charge is 2.31. The van der Waals surface area contributed by atoms with Gasteiger partial charge < -0.3 is 37.0 Å². The van der Waals surface area contributed by atoms with E-state index in [0.717, 1.165) is 5.56 Å². The molecule has 8 N–H and O–H groups in total. The molecule has 0 saturated heterocycles. The van der Waals surface area contributed by atoms with Gasteiger partial charge in [0.1, 0.15) is 18.1 Å². The van der Waals surface area contributed by atoms with Crippen molar-refractivity contribution in [3.8, 4) is 0 Å². The number of aliphatic carboxylic acids is 2. The van der Waals surface area contributed by atoms with Crippen molar-refractivity contribution in [2.24, 2.45) is 11.7 Å². The number of carbonyl (C=O) groups is 5. The minimum Gasteiger partial charge on any atom is -0.481 e. The molecule has 0 aliphatic rings. The monoisotopic (exact) mass is 480 g/mol. The summed E-state index contributed by atoms with van der Waals surface area (Å²) in [5, 5.41) is 34.0. The Bertz CT molecular complexity index is 862. The molecule has 188 valence electrons. The third-order valence-corrected chi connectivity index (χ3v) is 4.96. The van der Waals surface area contributed by atoms with Gasteiger partial charge in [-0.15, -0.1) is 0 Å². The Labute approximate surface area is 196 Å². The molecule has 0 bridgehead atoms. The van der Waals surface area contributed by atoms with E-state index in [1.165, 1.54) is 0 Å². The first-order chi connectivity index (χ1) is 16.0. The predicted octanol–water partition coefficient (Wildman–Crippen LogP) is -1.39. The highest BCUT2D eigenvalue weighted by Crippen LogP contribution is 2.07. The van der Waals surface area contributed by atoms with Crippen LogP contribution in [0.1, 0.15) is 32.3 Å². The molecule has 3 amide bonds. The molecular formula is C22H32N4O8. The van der Waals surface area contributed by atoms with E-state index in [1.807, 2.05) is 23.5 Å². The van der Waals surface area contributed by atoms with Crippen LogP contribution in [-0.2, 0) is 30.4 Å². The molecule has 0 saturated carbocycles. The molecule has 12 nitrogen and oxygen atoms in total. The smallest absolute Gasteiger partial charge is 0.328 e. The maximum absolute atomic E-state index is 12.9. The summed E-state index contributed by atoms with van der Waals surface area (Å²) in [6.07, 6.45) is -0.590. The van der Waals surface area contributed by atoms with Gasteiger partial charge in [0.25, 0.3) is 0 Å². The highest BCUT2D eigenvalue weighted by atomic mass is 16.4. The van der Waals surface area contributed by atoms with Gasteiger partial charge in [0, 0.05) is 6.42 Å². The number of rotatable bonds is 14. The number of nitrogens with two attached hydrogens (primary N) is 1. The maximum atomic E-state index is 12.9. The molecule has 0 radical (unpaired) electrons. The van der Waals surface area contributed by atoms with E-state index in [9.17, 15) is 24.0 Å². The quantitative estimate of drug-likeness (QED) is 0.167. The van der Waals surface area contributed by atoms with E-state index in [2.05, 4.69) is 10.6 Å². The van der Waals surface area contributed by atoms with Gasteiger partial charge in [-0.1, -0.05) is 44.2 Å². The summed E-state index contributed by atoms with van der Waals surface area (Å²) in [4.78, 5) is 60.0. The normalized spacial score (nSPS) is 14.4.